The zero-order valence-electron chi connectivity index (χ0n) is 11.9. The van der Waals surface area contributed by atoms with Crippen LogP contribution in [0.15, 0.2) is 30.3 Å². The van der Waals surface area contributed by atoms with Crippen LogP contribution in [-0.4, -0.2) is 14.8 Å². The molecule has 1 heterocycles. The molecule has 0 aliphatic carbocycles. The van der Waals surface area contributed by atoms with Crippen molar-refractivity contribution in [1.82, 2.24) is 14.8 Å². The normalized spacial score (nSPS) is 12.1. The Kier molecular flexibility index (Phi) is 4.09. The van der Waals surface area contributed by atoms with Crippen molar-refractivity contribution in [3.05, 3.63) is 47.5 Å². The minimum Gasteiger partial charge on any atom is -0.311 e. The Morgan fingerprint density at radius 1 is 1.16 bits per heavy atom. The van der Waals surface area contributed by atoms with Gasteiger partial charge in [-0.05, 0) is 33.3 Å². The van der Waals surface area contributed by atoms with Crippen LogP contribution in [0, 0.1) is 0 Å². The average Bonchev–Trinajstić information content (AvgIpc) is 2.84. The molecule has 102 valence electrons. The molecule has 0 unspecified atom stereocenters. The molecule has 19 heavy (non-hydrogen) atoms. The second-order valence-electron chi connectivity index (χ2n) is 5.53. The molecule has 1 aromatic carbocycles. The first-order valence-corrected chi connectivity index (χ1v) is 7.66. The summed E-state index contributed by atoms with van der Waals surface area (Å²) in [6.07, 6.45) is 0. The first kappa shape index (κ1) is 14.3. The highest BCUT2D eigenvalue weighted by atomic mass is 79.9. The maximum atomic E-state index is 4.44. The number of hydrogen-bond donors (Lipinski definition) is 0. The van der Waals surface area contributed by atoms with Gasteiger partial charge in [-0.1, -0.05) is 46.3 Å². The number of benzene rings is 1. The predicted molar refractivity (Wildman–Crippen MR) is 81.6 cm³/mol. The van der Waals surface area contributed by atoms with E-state index < -0.39 is 0 Å². The summed E-state index contributed by atoms with van der Waals surface area (Å²) in [5.74, 6) is 2.00. The van der Waals surface area contributed by atoms with Gasteiger partial charge in [0, 0.05) is 11.5 Å². The molecule has 0 aliphatic heterocycles. The lowest BCUT2D eigenvalue weighted by atomic mass is 9.83. The smallest absolute Gasteiger partial charge is 0.143 e. The summed E-state index contributed by atoms with van der Waals surface area (Å²) in [6, 6.07) is 10.8. The van der Waals surface area contributed by atoms with Crippen LogP contribution in [0.1, 0.15) is 50.9 Å². The van der Waals surface area contributed by atoms with Gasteiger partial charge in [-0.2, -0.15) is 0 Å². The second-order valence-corrected chi connectivity index (χ2v) is 6.09. The largest absolute Gasteiger partial charge is 0.311 e. The van der Waals surface area contributed by atoms with E-state index in [4.69, 9.17) is 0 Å². The summed E-state index contributed by atoms with van der Waals surface area (Å²) >= 11 is 3.49. The molecule has 0 fully saturated rings. The third-order valence-corrected chi connectivity index (χ3v) is 3.96. The summed E-state index contributed by atoms with van der Waals surface area (Å²) < 4.78 is 2.22. The van der Waals surface area contributed by atoms with Crippen molar-refractivity contribution in [2.45, 2.75) is 44.5 Å². The minimum absolute atomic E-state index is 0.154. The number of alkyl halides is 1. The van der Waals surface area contributed by atoms with Crippen molar-refractivity contribution in [2.75, 3.05) is 0 Å². The molecule has 0 saturated carbocycles. The van der Waals surface area contributed by atoms with E-state index in [0.29, 0.717) is 6.04 Å². The lowest BCUT2D eigenvalue weighted by Gasteiger charge is -2.27. The summed E-state index contributed by atoms with van der Waals surface area (Å²) in [5, 5.41) is 9.48. The fourth-order valence-corrected chi connectivity index (χ4v) is 2.75. The van der Waals surface area contributed by atoms with Gasteiger partial charge in [0.1, 0.15) is 11.6 Å². The quantitative estimate of drug-likeness (QED) is 0.794. The van der Waals surface area contributed by atoms with E-state index >= 15 is 0 Å². The maximum absolute atomic E-state index is 4.44. The van der Waals surface area contributed by atoms with E-state index in [1.54, 1.807) is 0 Å². The molecule has 0 saturated heterocycles. The molecule has 4 heteroatoms. The molecular weight excluding hydrogens is 302 g/mol. The van der Waals surface area contributed by atoms with Crippen LogP contribution in [0.4, 0.5) is 0 Å². The molecule has 0 atom stereocenters. The third-order valence-electron chi connectivity index (χ3n) is 3.46. The van der Waals surface area contributed by atoms with E-state index in [9.17, 15) is 0 Å². The number of hydrogen-bond acceptors (Lipinski definition) is 2. The fraction of sp³-hybridized carbons (Fsp3) is 0.467. The van der Waals surface area contributed by atoms with Gasteiger partial charge >= 0.3 is 0 Å². The summed E-state index contributed by atoms with van der Waals surface area (Å²) in [6.45, 7) is 8.73. The Morgan fingerprint density at radius 3 is 2.32 bits per heavy atom. The molecule has 0 bridgehead atoms. The first-order valence-electron chi connectivity index (χ1n) is 6.54. The van der Waals surface area contributed by atoms with Crippen LogP contribution in [0.25, 0.3) is 0 Å². The Bertz CT molecular complexity index is 544. The highest BCUT2D eigenvalue weighted by molar-refractivity contribution is 9.08. The number of rotatable bonds is 4. The molecule has 1 aromatic heterocycles. The van der Waals surface area contributed by atoms with Gasteiger partial charge in [0.05, 0.1) is 5.33 Å². The maximum Gasteiger partial charge on any atom is 0.143 e. The second kappa shape index (κ2) is 5.45. The van der Waals surface area contributed by atoms with E-state index in [-0.39, 0.29) is 5.41 Å². The number of aromatic nitrogens is 3. The van der Waals surface area contributed by atoms with Crippen molar-refractivity contribution in [1.29, 1.82) is 0 Å². The van der Waals surface area contributed by atoms with E-state index in [1.807, 2.05) is 6.07 Å². The Hall–Kier alpha value is -1.16. The molecule has 0 spiro atoms. The van der Waals surface area contributed by atoms with Crippen molar-refractivity contribution >= 4 is 15.9 Å². The third kappa shape index (κ3) is 2.59. The van der Waals surface area contributed by atoms with Crippen LogP contribution < -0.4 is 0 Å². The van der Waals surface area contributed by atoms with Gasteiger partial charge in [0.15, 0.2) is 0 Å². The van der Waals surface area contributed by atoms with Gasteiger partial charge in [-0.3, -0.25) is 0 Å². The van der Waals surface area contributed by atoms with Gasteiger partial charge in [-0.15, -0.1) is 10.2 Å². The molecule has 0 amide bonds. The highest BCUT2D eigenvalue weighted by Gasteiger charge is 2.30. The van der Waals surface area contributed by atoms with Crippen molar-refractivity contribution < 1.29 is 0 Å². The molecule has 0 N–H and O–H groups in total. The van der Waals surface area contributed by atoms with Gasteiger partial charge < -0.3 is 4.57 Å². The molecule has 0 radical (unpaired) electrons. The number of nitrogens with zero attached hydrogens (tertiary/aromatic N) is 3. The summed E-state index contributed by atoms with van der Waals surface area (Å²) in [7, 11) is 0. The molecule has 2 aromatic rings. The molecular formula is C15H20BrN3. The van der Waals surface area contributed by atoms with Crippen LogP contribution in [0.5, 0.6) is 0 Å². The van der Waals surface area contributed by atoms with E-state index in [2.05, 4.69) is 82.7 Å². The Labute approximate surface area is 123 Å². The van der Waals surface area contributed by atoms with E-state index in [0.717, 1.165) is 17.0 Å². The fourth-order valence-electron chi connectivity index (χ4n) is 2.37. The first-order chi connectivity index (χ1) is 8.98. The molecule has 0 aliphatic rings. The standard InChI is InChI=1S/C15H20BrN3/c1-11(2)19-13(10-16)17-18-14(19)15(3,4)12-8-6-5-7-9-12/h5-9,11H,10H2,1-4H3. The lowest BCUT2D eigenvalue weighted by molar-refractivity contribution is 0.485. The monoisotopic (exact) mass is 321 g/mol. The predicted octanol–water partition coefficient (Wildman–Crippen LogP) is 4.08. The van der Waals surface area contributed by atoms with Crippen LogP contribution in [0.3, 0.4) is 0 Å². The van der Waals surface area contributed by atoms with Crippen molar-refractivity contribution in [3.63, 3.8) is 0 Å². The van der Waals surface area contributed by atoms with Gasteiger partial charge in [-0.25, -0.2) is 0 Å². The Balaban J connectivity index is 2.55. The Morgan fingerprint density at radius 2 is 1.79 bits per heavy atom. The van der Waals surface area contributed by atoms with E-state index in [1.165, 1.54) is 5.56 Å². The summed E-state index contributed by atoms with van der Waals surface area (Å²) in [4.78, 5) is 0. The highest BCUT2D eigenvalue weighted by Crippen LogP contribution is 2.32. The topological polar surface area (TPSA) is 30.7 Å². The van der Waals surface area contributed by atoms with Crippen molar-refractivity contribution in [3.8, 4) is 0 Å². The zero-order chi connectivity index (χ0) is 14.0. The van der Waals surface area contributed by atoms with Gasteiger partial charge in [0.2, 0.25) is 0 Å². The summed E-state index contributed by atoms with van der Waals surface area (Å²) in [5.41, 5.74) is 1.10. The molecule has 2 rings (SSSR count). The minimum atomic E-state index is -0.154. The van der Waals surface area contributed by atoms with Crippen LogP contribution in [0.2, 0.25) is 0 Å². The molecule has 3 nitrogen and oxygen atoms in total. The van der Waals surface area contributed by atoms with Crippen LogP contribution in [-0.2, 0) is 10.7 Å². The zero-order valence-corrected chi connectivity index (χ0v) is 13.5. The lowest BCUT2D eigenvalue weighted by Crippen LogP contribution is -2.26. The number of halogens is 1. The van der Waals surface area contributed by atoms with Crippen molar-refractivity contribution in [2.24, 2.45) is 0 Å². The average molecular weight is 322 g/mol. The van der Waals surface area contributed by atoms with Gasteiger partial charge in [0.25, 0.3) is 0 Å². The van der Waals surface area contributed by atoms with Crippen LogP contribution >= 0.6 is 15.9 Å². The SMILES string of the molecule is CC(C)n1c(CBr)nnc1C(C)(C)c1ccccc1.